The van der Waals surface area contributed by atoms with Gasteiger partial charge in [-0.05, 0) is 5.56 Å². The summed E-state index contributed by atoms with van der Waals surface area (Å²) < 4.78 is 5.05. The zero-order chi connectivity index (χ0) is 12.1. The Balaban J connectivity index is 1.82. The molecule has 0 fully saturated rings. The maximum Gasteiger partial charge on any atom is 0.224 e. The van der Waals surface area contributed by atoms with E-state index in [0.717, 1.165) is 11.3 Å². The minimum Gasteiger partial charge on any atom is -0.449 e. The molecule has 4 heteroatoms. The average Bonchev–Trinajstić information content (AvgIpc) is 2.74. The van der Waals surface area contributed by atoms with Gasteiger partial charge < -0.3 is 9.73 Å². The number of carbonyl (C=O) groups excluding carboxylic acids is 1. The van der Waals surface area contributed by atoms with Crippen molar-refractivity contribution in [2.75, 3.05) is 0 Å². The van der Waals surface area contributed by atoms with E-state index < -0.39 is 0 Å². The third kappa shape index (κ3) is 3.45. The second-order valence-corrected chi connectivity index (χ2v) is 3.80. The summed E-state index contributed by atoms with van der Waals surface area (Å²) in [4.78, 5) is 15.7. The van der Waals surface area contributed by atoms with Crippen molar-refractivity contribution in [3.63, 3.8) is 0 Å². The Hall–Kier alpha value is -2.10. The third-order valence-electron chi connectivity index (χ3n) is 2.34. The molecular formula is C13H14N2O2. The quantitative estimate of drug-likeness (QED) is 0.872. The number of oxazole rings is 1. The summed E-state index contributed by atoms with van der Waals surface area (Å²) in [7, 11) is 0. The zero-order valence-corrected chi connectivity index (χ0v) is 9.64. The molecule has 1 aromatic carbocycles. The predicted octanol–water partition coefficient (Wildman–Crippen LogP) is 1.84. The average molecular weight is 230 g/mol. The maximum atomic E-state index is 11.6. The van der Waals surface area contributed by atoms with Crippen LogP contribution in [-0.2, 0) is 17.8 Å². The van der Waals surface area contributed by atoms with E-state index in [2.05, 4.69) is 10.3 Å². The molecule has 1 N–H and O–H groups in total. The van der Waals surface area contributed by atoms with Gasteiger partial charge in [-0.1, -0.05) is 30.3 Å². The first-order valence-electron chi connectivity index (χ1n) is 5.45. The summed E-state index contributed by atoms with van der Waals surface area (Å²) in [5.74, 6) is 0.592. The molecule has 0 bridgehead atoms. The molecule has 1 amide bonds. The molecule has 2 rings (SSSR count). The van der Waals surface area contributed by atoms with E-state index in [1.807, 2.05) is 30.3 Å². The van der Waals surface area contributed by atoms with Crippen LogP contribution in [0.3, 0.4) is 0 Å². The van der Waals surface area contributed by atoms with Crippen LogP contribution in [0.2, 0.25) is 0 Å². The normalized spacial score (nSPS) is 10.2. The number of carbonyl (C=O) groups is 1. The Morgan fingerprint density at radius 3 is 2.76 bits per heavy atom. The fourth-order valence-electron chi connectivity index (χ4n) is 1.52. The van der Waals surface area contributed by atoms with Gasteiger partial charge in [-0.25, -0.2) is 4.98 Å². The highest BCUT2D eigenvalue weighted by Crippen LogP contribution is 2.01. The van der Waals surface area contributed by atoms with Crippen LogP contribution in [0.15, 0.2) is 41.0 Å². The molecule has 4 nitrogen and oxygen atoms in total. The first-order chi connectivity index (χ1) is 8.24. The second kappa shape index (κ2) is 5.30. The molecule has 0 atom stereocenters. The Morgan fingerprint density at radius 2 is 2.12 bits per heavy atom. The Kier molecular flexibility index (Phi) is 3.55. The van der Waals surface area contributed by atoms with E-state index in [-0.39, 0.29) is 5.91 Å². The lowest BCUT2D eigenvalue weighted by atomic mass is 10.1. The molecule has 17 heavy (non-hydrogen) atoms. The van der Waals surface area contributed by atoms with Crippen molar-refractivity contribution in [3.05, 3.63) is 53.7 Å². The minimum atomic E-state index is -0.0168. The number of aromatic nitrogens is 1. The summed E-state index contributed by atoms with van der Waals surface area (Å²) in [5, 5.41) is 2.80. The molecule has 2 aromatic rings. The number of hydrogen-bond donors (Lipinski definition) is 1. The van der Waals surface area contributed by atoms with Gasteiger partial charge >= 0.3 is 0 Å². The van der Waals surface area contributed by atoms with Crippen molar-refractivity contribution in [2.45, 2.75) is 19.9 Å². The number of nitrogens with one attached hydrogen (secondary N) is 1. The number of aryl methyl sites for hydroxylation is 1. The summed E-state index contributed by atoms with van der Waals surface area (Å²) in [5.41, 5.74) is 1.74. The fourth-order valence-corrected chi connectivity index (χ4v) is 1.52. The Bertz CT molecular complexity index is 491. The topological polar surface area (TPSA) is 55.1 Å². The van der Waals surface area contributed by atoms with Crippen LogP contribution >= 0.6 is 0 Å². The molecule has 1 heterocycles. The van der Waals surface area contributed by atoms with Crippen molar-refractivity contribution in [1.82, 2.24) is 10.3 Å². The first kappa shape index (κ1) is 11.4. The van der Waals surface area contributed by atoms with E-state index in [4.69, 9.17) is 4.42 Å². The molecule has 88 valence electrons. The van der Waals surface area contributed by atoms with Gasteiger partial charge in [-0.15, -0.1) is 0 Å². The monoisotopic (exact) mass is 230 g/mol. The molecule has 0 radical (unpaired) electrons. The largest absolute Gasteiger partial charge is 0.449 e. The smallest absolute Gasteiger partial charge is 0.224 e. The lowest BCUT2D eigenvalue weighted by Crippen LogP contribution is -2.24. The van der Waals surface area contributed by atoms with Gasteiger partial charge in [0.2, 0.25) is 5.91 Å². The van der Waals surface area contributed by atoms with Crippen molar-refractivity contribution < 1.29 is 9.21 Å². The van der Waals surface area contributed by atoms with Crippen LogP contribution in [0.25, 0.3) is 0 Å². The van der Waals surface area contributed by atoms with Crippen LogP contribution in [0, 0.1) is 6.92 Å². The van der Waals surface area contributed by atoms with Crippen LogP contribution in [0.1, 0.15) is 17.1 Å². The van der Waals surface area contributed by atoms with Crippen molar-refractivity contribution in [3.8, 4) is 0 Å². The summed E-state index contributed by atoms with van der Waals surface area (Å²) >= 11 is 0. The molecular weight excluding hydrogens is 216 g/mol. The van der Waals surface area contributed by atoms with Crippen molar-refractivity contribution in [1.29, 1.82) is 0 Å². The number of nitrogens with zero attached hydrogens (tertiary/aromatic N) is 1. The highest BCUT2D eigenvalue weighted by atomic mass is 16.3. The van der Waals surface area contributed by atoms with E-state index in [1.165, 1.54) is 0 Å². The van der Waals surface area contributed by atoms with E-state index in [1.54, 1.807) is 13.2 Å². The maximum absolute atomic E-state index is 11.6. The summed E-state index contributed by atoms with van der Waals surface area (Å²) in [6.45, 7) is 2.18. The van der Waals surface area contributed by atoms with Crippen LogP contribution in [-0.4, -0.2) is 10.9 Å². The Morgan fingerprint density at radius 1 is 1.35 bits per heavy atom. The van der Waals surface area contributed by atoms with E-state index in [9.17, 15) is 4.79 Å². The highest BCUT2D eigenvalue weighted by molar-refractivity contribution is 5.78. The minimum absolute atomic E-state index is 0.0168. The van der Waals surface area contributed by atoms with Gasteiger partial charge in [-0.2, -0.15) is 0 Å². The summed E-state index contributed by atoms with van der Waals surface area (Å²) in [6, 6.07) is 9.63. The van der Waals surface area contributed by atoms with Gasteiger partial charge in [0, 0.05) is 6.92 Å². The van der Waals surface area contributed by atoms with Crippen LogP contribution < -0.4 is 5.32 Å². The number of amides is 1. The highest BCUT2D eigenvalue weighted by Gasteiger charge is 2.04. The standard InChI is InChI=1S/C13H14N2O2/c1-10-15-12(9-17-10)8-14-13(16)7-11-5-3-2-4-6-11/h2-6,9H,7-8H2,1H3,(H,14,16). The van der Waals surface area contributed by atoms with E-state index in [0.29, 0.717) is 18.9 Å². The third-order valence-corrected chi connectivity index (χ3v) is 2.34. The molecule has 0 spiro atoms. The van der Waals surface area contributed by atoms with E-state index >= 15 is 0 Å². The Labute approximate surface area is 99.7 Å². The van der Waals surface area contributed by atoms with Gasteiger partial charge in [0.1, 0.15) is 6.26 Å². The number of hydrogen-bond acceptors (Lipinski definition) is 3. The lowest BCUT2D eigenvalue weighted by molar-refractivity contribution is -0.120. The zero-order valence-electron chi connectivity index (χ0n) is 9.64. The summed E-state index contributed by atoms with van der Waals surface area (Å²) in [6.07, 6.45) is 1.94. The molecule has 0 saturated carbocycles. The lowest BCUT2D eigenvalue weighted by Gasteiger charge is -2.02. The van der Waals surface area contributed by atoms with Crippen molar-refractivity contribution in [2.24, 2.45) is 0 Å². The molecule has 0 aliphatic rings. The SMILES string of the molecule is Cc1nc(CNC(=O)Cc2ccccc2)co1. The molecule has 0 unspecified atom stereocenters. The van der Waals surface area contributed by atoms with Crippen molar-refractivity contribution >= 4 is 5.91 Å². The van der Waals surface area contributed by atoms with Gasteiger partial charge in [0.25, 0.3) is 0 Å². The predicted molar refractivity (Wildman–Crippen MR) is 63.2 cm³/mol. The van der Waals surface area contributed by atoms with Crippen LogP contribution in [0.4, 0.5) is 0 Å². The number of rotatable bonds is 4. The molecule has 0 aliphatic carbocycles. The second-order valence-electron chi connectivity index (χ2n) is 3.80. The first-order valence-corrected chi connectivity index (χ1v) is 5.45. The van der Waals surface area contributed by atoms with Gasteiger partial charge in [-0.3, -0.25) is 4.79 Å². The fraction of sp³-hybridized carbons (Fsp3) is 0.231. The molecule has 1 aromatic heterocycles. The molecule has 0 saturated heterocycles. The number of benzene rings is 1. The van der Waals surface area contributed by atoms with Crippen LogP contribution in [0.5, 0.6) is 0 Å². The van der Waals surface area contributed by atoms with Gasteiger partial charge in [0.05, 0.1) is 18.7 Å². The van der Waals surface area contributed by atoms with Gasteiger partial charge in [0.15, 0.2) is 5.89 Å². The molecule has 0 aliphatic heterocycles.